The van der Waals surface area contributed by atoms with Gasteiger partial charge in [0, 0.05) is 12.1 Å². The van der Waals surface area contributed by atoms with Crippen molar-refractivity contribution in [2.24, 2.45) is 5.10 Å². The Bertz CT molecular complexity index is 122. The van der Waals surface area contributed by atoms with Gasteiger partial charge in [0.25, 0.3) is 0 Å². The number of rotatable bonds is 2. The van der Waals surface area contributed by atoms with Gasteiger partial charge < -0.3 is 0 Å². The summed E-state index contributed by atoms with van der Waals surface area (Å²) >= 11 is 0. The molecule has 9 heavy (non-hydrogen) atoms. The molecule has 0 fully saturated rings. The molecule has 0 bridgehead atoms. The van der Waals surface area contributed by atoms with E-state index >= 15 is 0 Å². The van der Waals surface area contributed by atoms with E-state index in [4.69, 9.17) is 5.41 Å². The van der Waals surface area contributed by atoms with Gasteiger partial charge in [0.05, 0.1) is 0 Å². The number of hydrazone groups is 1. The summed E-state index contributed by atoms with van der Waals surface area (Å²) < 4.78 is 0. The summed E-state index contributed by atoms with van der Waals surface area (Å²) in [7, 11) is 0. The molecule has 0 spiro atoms. The molecule has 0 saturated carbocycles. The first kappa shape index (κ1) is 8.14. The van der Waals surface area contributed by atoms with Crippen LogP contribution in [0.4, 0.5) is 0 Å². The Morgan fingerprint density at radius 1 is 1.56 bits per heavy atom. The van der Waals surface area contributed by atoms with Gasteiger partial charge in [-0.1, -0.05) is 6.92 Å². The van der Waals surface area contributed by atoms with Crippen LogP contribution in [-0.2, 0) is 0 Å². The Labute approximate surface area is 55.7 Å². The van der Waals surface area contributed by atoms with Gasteiger partial charge >= 0.3 is 0 Å². The fraction of sp³-hybridized carbons (Fsp3) is 0.667. The minimum Gasteiger partial charge on any atom is -0.287 e. The van der Waals surface area contributed by atoms with E-state index in [-0.39, 0.29) is 0 Å². The summed E-state index contributed by atoms with van der Waals surface area (Å²) in [6.45, 7) is 5.68. The van der Waals surface area contributed by atoms with E-state index in [9.17, 15) is 0 Å². The molecule has 0 aromatic heterocycles. The lowest BCUT2D eigenvalue weighted by Gasteiger charge is -1.97. The zero-order valence-electron chi connectivity index (χ0n) is 6.15. The highest BCUT2D eigenvalue weighted by Crippen LogP contribution is 1.76. The average Bonchev–Trinajstić information content (AvgIpc) is 1.83. The van der Waals surface area contributed by atoms with Crippen LogP contribution in [-0.4, -0.2) is 11.5 Å². The Hall–Kier alpha value is -0.860. The molecule has 0 aliphatic heterocycles. The Morgan fingerprint density at radius 2 is 2.11 bits per heavy atom. The molecule has 52 valence electrons. The summed E-state index contributed by atoms with van der Waals surface area (Å²) in [5, 5.41) is 10.9. The molecule has 0 unspecified atom stereocenters. The molecule has 0 amide bonds. The topological polar surface area (TPSA) is 48.2 Å². The van der Waals surface area contributed by atoms with Crippen molar-refractivity contribution < 1.29 is 0 Å². The lowest BCUT2D eigenvalue weighted by Crippen LogP contribution is -2.15. The van der Waals surface area contributed by atoms with Crippen molar-refractivity contribution in [1.29, 1.82) is 5.41 Å². The summed E-state index contributed by atoms with van der Waals surface area (Å²) in [5.41, 5.74) is 3.54. The Balaban J connectivity index is 3.50. The van der Waals surface area contributed by atoms with Crippen molar-refractivity contribution in [1.82, 2.24) is 5.43 Å². The van der Waals surface area contributed by atoms with Crippen molar-refractivity contribution in [3.63, 3.8) is 0 Å². The van der Waals surface area contributed by atoms with Crippen LogP contribution in [0.3, 0.4) is 0 Å². The van der Waals surface area contributed by atoms with Crippen LogP contribution in [0, 0.1) is 5.41 Å². The van der Waals surface area contributed by atoms with Crippen LogP contribution < -0.4 is 5.43 Å². The predicted molar refractivity (Wildman–Crippen MR) is 39.9 cm³/mol. The van der Waals surface area contributed by atoms with E-state index in [1.54, 1.807) is 0 Å². The third-order valence-electron chi connectivity index (χ3n) is 0.768. The van der Waals surface area contributed by atoms with E-state index in [0.717, 1.165) is 5.71 Å². The molecule has 0 rings (SSSR count). The minimum absolute atomic E-state index is 0.455. The van der Waals surface area contributed by atoms with Gasteiger partial charge in [0.1, 0.15) is 5.84 Å². The highest BCUT2D eigenvalue weighted by Gasteiger charge is 1.85. The van der Waals surface area contributed by atoms with Crippen molar-refractivity contribution in [2.45, 2.75) is 27.2 Å². The number of amidine groups is 1. The zero-order chi connectivity index (χ0) is 7.28. The molecule has 3 heteroatoms. The van der Waals surface area contributed by atoms with Crippen molar-refractivity contribution in [2.75, 3.05) is 0 Å². The predicted octanol–water partition coefficient (Wildman–Crippen LogP) is 1.36. The van der Waals surface area contributed by atoms with Crippen LogP contribution >= 0.6 is 0 Å². The molecule has 0 saturated heterocycles. The van der Waals surface area contributed by atoms with Gasteiger partial charge in [-0.3, -0.25) is 10.8 Å². The lowest BCUT2D eigenvalue weighted by molar-refractivity contribution is 0.961. The lowest BCUT2D eigenvalue weighted by atomic mass is 10.5. The van der Waals surface area contributed by atoms with Gasteiger partial charge in [0.15, 0.2) is 0 Å². The molecular formula is C6H13N3. The van der Waals surface area contributed by atoms with E-state index < -0.39 is 0 Å². The minimum atomic E-state index is 0.455. The maximum atomic E-state index is 7.11. The van der Waals surface area contributed by atoms with E-state index in [2.05, 4.69) is 10.5 Å². The second kappa shape index (κ2) is 4.06. The number of hydrogen-bond donors (Lipinski definition) is 2. The fourth-order valence-corrected chi connectivity index (χ4v) is 0.258. The maximum absolute atomic E-state index is 7.11. The molecule has 3 nitrogen and oxygen atoms in total. The third kappa shape index (κ3) is 5.00. The molecule has 0 aliphatic rings. The van der Waals surface area contributed by atoms with Gasteiger partial charge in [-0.05, 0) is 13.8 Å². The van der Waals surface area contributed by atoms with Crippen LogP contribution in [0.1, 0.15) is 27.2 Å². The summed E-state index contributed by atoms with van der Waals surface area (Å²) in [5.74, 6) is 0.455. The van der Waals surface area contributed by atoms with Crippen LogP contribution in [0.2, 0.25) is 0 Å². The fourth-order valence-electron chi connectivity index (χ4n) is 0.258. The van der Waals surface area contributed by atoms with Gasteiger partial charge in [-0.25, -0.2) is 0 Å². The molecular weight excluding hydrogens is 114 g/mol. The average molecular weight is 127 g/mol. The van der Waals surface area contributed by atoms with E-state index in [1.165, 1.54) is 0 Å². The standard InChI is InChI=1S/C6H13N3/c1-4-6(7)9-8-5(2)3/h4H2,1-3H3,(H2,7,9). The van der Waals surface area contributed by atoms with Gasteiger partial charge in [-0.15, -0.1) is 0 Å². The van der Waals surface area contributed by atoms with Crippen LogP contribution in [0.15, 0.2) is 5.10 Å². The molecule has 0 aromatic rings. The highest BCUT2D eigenvalue weighted by molar-refractivity contribution is 5.83. The van der Waals surface area contributed by atoms with E-state index in [1.807, 2.05) is 20.8 Å². The number of hydrogen-bond acceptors (Lipinski definition) is 2. The highest BCUT2D eigenvalue weighted by atomic mass is 15.3. The molecule has 2 N–H and O–H groups in total. The van der Waals surface area contributed by atoms with Crippen molar-refractivity contribution >= 4 is 11.5 Å². The normalized spacial score (nSPS) is 8.33. The quantitative estimate of drug-likeness (QED) is 0.328. The molecule has 0 aliphatic carbocycles. The maximum Gasteiger partial charge on any atom is 0.113 e. The molecule has 0 radical (unpaired) electrons. The zero-order valence-corrected chi connectivity index (χ0v) is 6.15. The third-order valence-corrected chi connectivity index (χ3v) is 0.768. The summed E-state index contributed by atoms with van der Waals surface area (Å²) in [6, 6.07) is 0. The second-order valence-electron chi connectivity index (χ2n) is 2.00. The summed E-state index contributed by atoms with van der Waals surface area (Å²) in [6.07, 6.45) is 0.705. The first-order valence-electron chi connectivity index (χ1n) is 3.01. The largest absolute Gasteiger partial charge is 0.287 e. The monoisotopic (exact) mass is 127 g/mol. The second-order valence-corrected chi connectivity index (χ2v) is 2.00. The smallest absolute Gasteiger partial charge is 0.113 e. The van der Waals surface area contributed by atoms with Gasteiger partial charge in [-0.2, -0.15) is 5.10 Å². The molecule has 0 aromatic carbocycles. The van der Waals surface area contributed by atoms with Crippen molar-refractivity contribution in [3.8, 4) is 0 Å². The van der Waals surface area contributed by atoms with Crippen molar-refractivity contribution in [3.05, 3.63) is 0 Å². The number of nitrogens with one attached hydrogen (secondary N) is 2. The number of nitrogens with zero attached hydrogens (tertiary/aromatic N) is 1. The first-order chi connectivity index (χ1) is 4.16. The summed E-state index contributed by atoms with van der Waals surface area (Å²) in [4.78, 5) is 0. The SMILES string of the molecule is CCC(=N)NN=C(C)C. The van der Waals surface area contributed by atoms with Crippen LogP contribution in [0.25, 0.3) is 0 Å². The Morgan fingerprint density at radius 3 is 2.44 bits per heavy atom. The first-order valence-corrected chi connectivity index (χ1v) is 3.01. The Kier molecular flexibility index (Phi) is 3.67. The van der Waals surface area contributed by atoms with Gasteiger partial charge in [0.2, 0.25) is 0 Å². The van der Waals surface area contributed by atoms with E-state index in [0.29, 0.717) is 12.3 Å². The van der Waals surface area contributed by atoms with Crippen LogP contribution in [0.5, 0.6) is 0 Å². The molecule has 0 atom stereocenters. The molecule has 0 heterocycles.